The molecule has 2 aromatic heterocycles. The van der Waals surface area contributed by atoms with Gasteiger partial charge in [-0.25, -0.2) is 8.78 Å². The average Bonchev–Trinajstić information content (AvgIpc) is 3.21. The van der Waals surface area contributed by atoms with Gasteiger partial charge in [-0.3, -0.25) is 4.68 Å². The van der Waals surface area contributed by atoms with Crippen LogP contribution in [-0.4, -0.2) is 19.9 Å². The molecule has 0 saturated heterocycles. The highest BCUT2D eigenvalue weighted by atomic mass is 19.3. The fourth-order valence-corrected chi connectivity index (χ4v) is 3.62. The molecule has 2 heterocycles. The molecule has 0 N–H and O–H groups in total. The van der Waals surface area contributed by atoms with Gasteiger partial charge in [-0.1, -0.05) is 41.6 Å². The number of para-hydroxylation sites is 2. The minimum Gasteiger partial charge on any atom is -0.457 e. The van der Waals surface area contributed by atoms with Crippen LogP contribution < -0.4 is 4.74 Å². The van der Waals surface area contributed by atoms with Gasteiger partial charge in [-0.05, 0) is 37.1 Å². The predicted molar refractivity (Wildman–Crippen MR) is 104 cm³/mol. The van der Waals surface area contributed by atoms with Crippen LogP contribution in [0, 0.1) is 0 Å². The van der Waals surface area contributed by atoms with Gasteiger partial charge >= 0.3 is 0 Å². The van der Waals surface area contributed by atoms with Crippen LogP contribution in [0.2, 0.25) is 0 Å². The van der Waals surface area contributed by atoms with Gasteiger partial charge in [0.05, 0.1) is 5.41 Å². The molecule has 152 valence electrons. The van der Waals surface area contributed by atoms with Crippen LogP contribution >= 0.6 is 0 Å². The van der Waals surface area contributed by atoms with Gasteiger partial charge in [0, 0.05) is 12.6 Å². The largest absolute Gasteiger partial charge is 0.457 e. The SMILES string of the molecule is Cn1nc(-c2nc(C3(c4ccccc4Oc4ccccc4)CC3)no2)cc1C(F)F. The van der Waals surface area contributed by atoms with Crippen molar-refractivity contribution in [3.8, 4) is 23.1 Å². The summed E-state index contributed by atoms with van der Waals surface area (Å²) < 4.78 is 38.7. The first-order valence-corrected chi connectivity index (χ1v) is 9.56. The van der Waals surface area contributed by atoms with Gasteiger partial charge in [0.2, 0.25) is 0 Å². The number of aryl methyl sites for hydroxylation is 1. The Morgan fingerprint density at radius 1 is 1.07 bits per heavy atom. The Bertz CT molecular complexity index is 1180. The van der Waals surface area contributed by atoms with Crippen molar-refractivity contribution in [2.24, 2.45) is 7.05 Å². The molecule has 0 aliphatic heterocycles. The zero-order valence-corrected chi connectivity index (χ0v) is 16.1. The van der Waals surface area contributed by atoms with Crippen molar-refractivity contribution in [2.45, 2.75) is 24.7 Å². The first-order valence-electron chi connectivity index (χ1n) is 9.56. The number of alkyl halides is 2. The second-order valence-electron chi connectivity index (χ2n) is 7.30. The molecular weight excluding hydrogens is 390 g/mol. The number of hydrogen-bond donors (Lipinski definition) is 0. The molecule has 8 heteroatoms. The van der Waals surface area contributed by atoms with Crippen molar-refractivity contribution < 1.29 is 18.0 Å². The Hall–Kier alpha value is -3.55. The maximum atomic E-state index is 13.1. The van der Waals surface area contributed by atoms with Crippen molar-refractivity contribution in [3.05, 3.63) is 77.7 Å². The molecule has 0 radical (unpaired) electrons. The Morgan fingerprint density at radius 2 is 1.80 bits per heavy atom. The number of aromatic nitrogens is 4. The Morgan fingerprint density at radius 3 is 2.50 bits per heavy atom. The standard InChI is InChI=1S/C22H18F2N4O2/c1-28-17(19(23)24)13-16(26-28)20-25-21(27-30-20)22(11-12-22)15-9-5-6-10-18(15)29-14-7-3-2-4-8-14/h2-10,13,19H,11-12H2,1H3. The van der Waals surface area contributed by atoms with Crippen LogP contribution in [0.5, 0.6) is 11.5 Å². The van der Waals surface area contributed by atoms with E-state index in [0.717, 1.165) is 34.6 Å². The van der Waals surface area contributed by atoms with Crippen LogP contribution in [0.3, 0.4) is 0 Å². The number of hydrogen-bond acceptors (Lipinski definition) is 5. The van der Waals surface area contributed by atoms with E-state index < -0.39 is 11.8 Å². The monoisotopic (exact) mass is 408 g/mol. The maximum Gasteiger partial charge on any atom is 0.280 e. The lowest BCUT2D eigenvalue weighted by Gasteiger charge is -2.16. The third-order valence-electron chi connectivity index (χ3n) is 5.34. The predicted octanol–water partition coefficient (Wildman–Crippen LogP) is 5.28. The van der Waals surface area contributed by atoms with Gasteiger partial charge in [0.15, 0.2) is 11.5 Å². The highest BCUT2D eigenvalue weighted by molar-refractivity contribution is 5.52. The van der Waals surface area contributed by atoms with Crippen LogP contribution in [-0.2, 0) is 12.5 Å². The number of benzene rings is 2. The van der Waals surface area contributed by atoms with Crippen molar-refractivity contribution in [3.63, 3.8) is 0 Å². The molecule has 1 aliphatic rings. The summed E-state index contributed by atoms with van der Waals surface area (Å²) >= 11 is 0. The zero-order chi connectivity index (χ0) is 20.7. The van der Waals surface area contributed by atoms with Crippen LogP contribution in [0.25, 0.3) is 11.6 Å². The van der Waals surface area contributed by atoms with E-state index in [1.165, 1.54) is 13.1 Å². The number of ether oxygens (including phenoxy) is 1. The topological polar surface area (TPSA) is 66.0 Å². The van der Waals surface area contributed by atoms with Crippen LogP contribution in [0.4, 0.5) is 8.78 Å². The summed E-state index contributed by atoms with van der Waals surface area (Å²) in [5.74, 6) is 2.10. The van der Waals surface area contributed by atoms with Gasteiger partial charge in [0.25, 0.3) is 12.3 Å². The summed E-state index contributed by atoms with van der Waals surface area (Å²) in [4.78, 5) is 4.50. The smallest absolute Gasteiger partial charge is 0.280 e. The molecule has 30 heavy (non-hydrogen) atoms. The van der Waals surface area contributed by atoms with Crippen molar-refractivity contribution in [1.29, 1.82) is 0 Å². The normalized spacial score (nSPS) is 14.8. The van der Waals surface area contributed by atoms with Gasteiger partial charge in [-0.2, -0.15) is 10.1 Å². The van der Waals surface area contributed by atoms with E-state index in [9.17, 15) is 8.78 Å². The second kappa shape index (κ2) is 7.05. The van der Waals surface area contributed by atoms with Crippen LogP contribution in [0.1, 0.15) is 36.3 Å². The third-order valence-corrected chi connectivity index (χ3v) is 5.34. The summed E-state index contributed by atoms with van der Waals surface area (Å²) in [5.41, 5.74) is 0.576. The van der Waals surface area contributed by atoms with E-state index in [4.69, 9.17) is 9.26 Å². The summed E-state index contributed by atoms with van der Waals surface area (Å²) in [6, 6.07) is 18.6. The Labute approximate surface area is 171 Å². The molecule has 1 fully saturated rings. The lowest BCUT2D eigenvalue weighted by atomic mass is 9.94. The van der Waals surface area contributed by atoms with Crippen molar-refractivity contribution in [1.82, 2.24) is 19.9 Å². The summed E-state index contributed by atoms with van der Waals surface area (Å²) in [6.07, 6.45) is -0.951. The lowest BCUT2D eigenvalue weighted by Crippen LogP contribution is -2.12. The van der Waals surface area contributed by atoms with E-state index in [2.05, 4.69) is 15.2 Å². The molecule has 0 bridgehead atoms. The molecule has 0 unspecified atom stereocenters. The van der Waals surface area contributed by atoms with Crippen molar-refractivity contribution >= 4 is 0 Å². The molecule has 4 aromatic rings. The van der Waals surface area contributed by atoms with Crippen molar-refractivity contribution in [2.75, 3.05) is 0 Å². The maximum absolute atomic E-state index is 13.1. The van der Waals surface area contributed by atoms with E-state index >= 15 is 0 Å². The van der Waals surface area contributed by atoms with E-state index in [0.29, 0.717) is 5.82 Å². The minimum atomic E-state index is -2.63. The molecule has 1 saturated carbocycles. The highest BCUT2D eigenvalue weighted by Gasteiger charge is 2.51. The Balaban J connectivity index is 1.48. The zero-order valence-electron chi connectivity index (χ0n) is 16.1. The second-order valence-corrected chi connectivity index (χ2v) is 7.30. The Kier molecular flexibility index (Phi) is 4.34. The van der Waals surface area contributed by atoms with E-state index in [1.807, 2.05) is 54.6 Å². The number of nitrogens with zero attached hydrogens (tertiary/aromatic N) is 4. The van der Waals surface area contributed by atoms with Gasteiger partial charge in [-0.15, -0.1) is 0 Å². The summed E-state index contributed by atoms with van der Waals surface area (Å²) in [5, 5.41) is 8.24. The molecule has 1 aliphatic carbocycles. The molecule has 2 aromatic carbocycles. The number of halogens is 2. The van der Waals surface area contributed by atoms with E-state index in [-0.39, 0.29) is 17.3 Å². The molecule has 5 rings (SSSR count). The molecule has 6 nitrogen and oxygen atoms in total. The first-order chi connectivity index (χ1) is 14.6. The van der Waals surface area contributed by atoms with E-state index in [1.54, 1.807) is 0 Å². The minimum absolute atomic E-state index is 0.125. The van der Waals surface area contributed by atoms with Gasteiger partial charge in [0.1, 0.15) is 17.2 Å². The quantitative estimate of drug-likeness (QED) is 0.434. The molecule has 0 amide bonds. The fourth-order valence-electron chi connectivity index (χ4n) is 3.62. The first kappa shape index (κ1) is 18.5. The third kappa shape index (κ3) is 3.14. The summed E-state index contributed by atoms with van der Waals surface area (Å²) in [6.45, 7) is 0. The molecular formula is C22H18F2N4O2. The fraction of sp³-hybridized carbons (Fsp3) is 0.227. The lowest BCUT2D eigenvalue weighted by molar-refractivity contribution is 0.141. The average molecular weight is 408 g/mol. The molecule has 0 spiro atoms. The summed E-state index contributed by atoms with van der Waals surface area (Å²) in [7, 11) is 1.46. The van der Waals surface area contributed by atoms with Crippen LogP contribution in [0.15, 0.2) is 65.2 Å². The number of rotatable bonds is 6. The highest BCUT2D eigenvalue weighted by Crippen LogP contribution is 2.55. The van der Waals surface area contributed by atoms with Gasteiger partial charge < -0.3 is 9.26 Å². The molecule has 0 atom stereocenters.